The van der Waals surface area contributed by atoms with Crippen molar-refractivity contribution in [1.29, 1.82) is 0 Å². The van der Waals surface area contributed by atoms with Gasteiger partial charge < -0.3 is 10.8 Å². The molecule has 0 saturated heterocycles. The van der Waals surface area contributed by atoms with Gasteiger partial charge in [-0.25, -0.2) is 0 Å². The topological polar surface area (TPSA) is 63.3 Å². The summed E-state index contributed by atoms with van der Waals surface area (Å²) < 4.78 is 0. The monoisotopic (exact) mass is 221 g/mol. The Morgan fingerprint density at radius 2 is 1.88 bits per heavy atom. The van der Waals surface area contributed by atoms with Crippen molar-refractivity contribution in [3.05, 3.63) is 35.4 Å². The lowest BCUT2D eigenvalue weighted by molar-refractivity contribution is -0.143. The molecule has 0 saturated carbocycles. The van der Waals surface area contributed by atoms with Crippen LogP contribution in [0.1, 0.15) is 31.4 Å². The summed E-state index contributed by atoms with van der Waals surface area (Å²) in [7, 11) is 0. The third-order valence-electron chi connectivity index (χ3n) is 2.89. The maximum Gasteiger partial charge on any atom is 0.324 e. The van der Waals surface area contributed by atoms with Gasteiger partial charge in [-0.2, -0.15) is 0 Å². The first kappa shape index (κ1) is 12.7. The van der Waals surface area contributed by atoms with Gasteiger partial charge in [-0.05, 0) is 24.0 Å². The van der Waals surface area contributed by atoms with E-state index < -0.39 is 11.5 Å². The summed E-state index contributed by atoms with van der Waals surface area (Å²) in [6, 6.07) is 7.89. The largest absolute Gasteiger partial charge is 0.480 e. The predicted octanol–water partition coefficient (Wildman–Crippen LogP) is 1.98. The molecule has 88 valence electrons. The van der Waals surface area contributed by atoms with Gasteiger partial charge in [0, 0.05) is 6.42 Å². The van der Waals surface area contributed by atoms with Gasteiger partial charge in [0.05, 0.1) is 0 Å². The van der Waals surface area contributed by atoms with Crippen LogP contribution < -0.4 is 5.73 Å². The number of aryl methyl sites for hydroxylation is 1. The summed E-state index contributed by atoms with van der Waals surface area (Å²) >= 11 is 0. The van der Waals surface area contributed by atoms with E-state index in [0.29, 0.717) is 12.8 Å². The van der Waals surface area contributed by atoms with Crippen molar-refractivity contribution in [2.24, 2.45) is 5.73 Å². The molecular weight excluding hydrogens is 202 g/mol. The molecular formula is C13H19NO2. The Morgan fingerprint density at radius 1 is 1.31 bits per heavy atom. The number of hydrogen-bond acceptors (Lipinski definition) is 2. The summed E-state index contributed by atoms with van der Waals surface area (Å²) in [4.78, 5) is 11.0. The van der Waals surface area contributed by atoms with Gasteiger partial charge in [0.25, 0.3) is 0 Å². The average molecular weight is 221 g/mol. The highest BCUT2D eigenvalue weighted by Crippen LogP contribution is 2.26. The van der Waals surface area contributed by atoms with Gasteiger partial charge in [0.1, 0.15) is 5.54 Å². The zero-order valence-corrected chi connectivity index (χ0v) is 9.86. The van der Waals surface area contributed by atoms with Gasteiger partial charge >= 0.3 is 5.97 Å². The number of carboxylic acids is 1. The van der Waals surface area contributed by atoms with Gasteiger partial charge in [-0.15, -0.1) is 0 Å². The van der Waals surface area contributed by atoms with Crippen molar-refractivity contribution in [2.45, 2.75) is 38.6 Å². The molecule has 2 rings (SSSR count). The highest BCUT2D eigenvalue weighted by atomic mass is 16.4. The third kappa shape index (κ3) is 2.42. The summed E-state index contributed by atoms with van der Waals surface area (Å²) in [5.41, 5.74) is 7.06. The van der Waals surface area contributed by atoms with E-state index in [4.69, 9.17) is 10.8 Å². The summed E-state index contributed by atoms with van der Waals surface area (Å²) in [6.45, 7) is 4.00. The second kappa shape index (κ2) is 5.12. The molecule has 1 atom stereocenters. The Morgan fingerprint density at radius 3 is 2.44 bits per heavy atom. The lowest BCUT2D eigenvalue weighted by Crippen LogP contribution is -2.52. The summed E-state index contributed by atoms with van der Waals surface area (Å²) in [5, 5.41) is 9.00. The zero-order chi connectivity index (χ0) is 12.2. The first-order chi connectivity index (χ1) is 7.62. The third-order valence-corrected chi connectivity index (χ3v) is 2.89. The number of rotatable bonds is 1. The fraction of sp³-hybridized carbons (Fsp3) is 0.462. The molecule has 1 aromatic rings. The molecule has 0 amide bonds. The molecule has 3 heteroatoms. The number of fused-ring (bicyclic) bond motifs is 1. The van der Waals surface area contributed by atoms with E-state index in [1.165, 1.54) is 5.56 Å². The van der Waals surface area contributed by atoms with Crippen LogP contribution in [0.3, 0.4) is 0 Å². The first-order valence-electron chi connectivity index (χ1n) is 5.71. The van der Waals surface area contributed by atoms with Crippen molar-refractivity contribution in [1.82, 2.24) is 0 Å². The molecule has 0 bridgehead atoms. The molecule has 3 nitrogen and oxygen atoms in total. The fourth-order valence-corrected chi connectivity index (χ4v) is 1.94. The maximum atomic E-state index is 11.0. The van der Waals surface area contributed by atoms with E-state index >= 15 is 0 Å². The lowest BCUT2D eigenvalue weighted by atomic mass is 9.79. The Kier molecular flexibility index (Phi) is 4.07. The van der Waals surface area contributed by atoms with Gasteiger partial charge in [-0.3, -0.25) is 4.79 Å². The zero-order valence-electron chi connectivity index (χ0n) is 9.86. The van der Waals surface area contributed by atoms with Crippen LogP contribution in [0.25, 0.3) is 0 Å². The van der Waals surface area contributed by atoms with Crippen LogP contribution in [-0.2, 0) is 17.6 Å². The number of hydrogen-bond donors (Lipinski definition) is 2. The van der Waals surface area contributed by atoms with Crippen molar-refractivity contribution < 1.29 is 9.90 Å². The molecule has 1 aliphatic carbocycles. The number of carbonyl (C=O) groups is 1. The molecule has 1 aromatic carbocycles. The van der Waals surface area contributed by atoms with Crippen LogP contribution in [0.2, 0.25) is 0 Å². The quantitative estimate of drug-likeness (QED) is 0.762. The Labute approximate surface area is 96.3 Å². The highest BCUT2D eigenvalue weighted by Gasteiger charge is 2.37. The van der Waals surface area contributed by atoms with Crippen molar-refractivity contribution in [2.75, 3.05) is 0 Å². The van der Waals surface area contributed by atoms with E-state index in [1.54, 1.807) is 0 Å². The van der Waals surface area contributed by atoms with Crippen LogP contribution in [0.4, 0.5) is 0 Å². The Balaban J connectivity index is 0.000000606. The predicted molar refractivity (Wildman–Crippen MR) is 64.4 cm³/mol. The van der Waals surface area contributed by atoms with Crippen molar-refractivity contribution in [3.63, 3.8) is 0 Å². The molecule has 0 aromatic heterocycles. The standard InChI is InChI=1S/C11H13NO2.C2H6/c12-11(10(13)14)6-5-8-3-1-2-4-9(8)7-11;1-2/h1-4H,5-7,12H2,(H,13,14);1-2H3. The molecule has 0 fully saturated rings. The minimum Gasteiger partial charge on any atom is -0.480 e. The Bertz CT molecular complexity index is 376. The minimum absolute atomic E-state index is 0.443. The highest BCUT2D eigenvalue weighted by molar-refractivity contribution is 5.79. The molecule has 0 aliphatic heterocycles. The van der Waals surface area contributed by atoms with E-state index in [-0.39, 0.29) is 0 Å². The van der Waals surface area contributed by atoms with E-state index in [9.17, 15) is 4.79 Å². The molecule has 0 radical (unpaired) electrons. The fourth-order valence-electron chi connectivity index (χ4n) is 1.94. The summed E-state index contributed by atoms with van der Waals surface area (Å²) in [6.07, 6.45) is 1.73. The van der Waals surface area contributed by atoms with Gasteiger partial charge in [0.15, 0.2) is 0 Å². The van der Waals surface area contributed by atoms with Gasteiger partial charge in [0.2, 0.25) is 0 Å². The smallest absolute Gasteiger partial charge is 0.324 e. The second-order valence-corrected chi connectivity index (χ2v) is 3.91. The van der Waals surface area contributed by atoms with E-state index in [1.807, 2.05) is 38.1 Å². The lowest BCUT2D eigenvalue weighted by Gasteiger charge is -2.30. The minimum atomic E-state index is -1.06. The van der Waals surface area contributed by atoms with Gasteiger partial charge in [-0.1, -0.05) is 38.1 Å². The Hall–Kier alpha value is -1.35. The van der Waals surface area contributed by atoms with Crippen LogP contribution in [-0.4, -0.2) is 16.6 Å². The summed E-state index contributed by atoms with van der Waals surface area (Å²) in [5.74, 6) is -0.896. The number of benzene rings is 1. The van der Waals surface area contributed by atoms with E-state index in [0.717, 1.165) is 12.0 Å². The van der Waals surface area contributed by atoms with Crippen LogP contribution in [0.15, 0.2) is 24.3 Å². The van der Waals surface area contributed by atoms with Crippen molar-refractivity contribution >= 4 is 5.97 Å². The molecule has 1 aliphatic rings. The van der Waals surface area contributed by atoms with Crippen molar-refractivity contribution in [3.8, 4) is 0 Å². The molecule has 3 N–H and O–H groups in total. The SMILES string of the molecule is CC.NC1(C(=O)O)CCc2ccccc2C1. The normalized spacial score (nSPS) is 22.7. The number of aliphatic carboxylic acids is 1. The molecule has 0 heterocycles. The maximum absolute atomic E-state index is 11.0. The van der Waals surface area contributed by atoms with Crippen LogP contribution >= 0.6 is 0 Å². The number of carboxylic acid groups (broad SMARTS) is 1. The van der Waals surface area contributed by atoms with E-state index in [2.05, 4.69) is 0 Å². The average Bonchev–Trinajstić information content (AvgIpc) is 2.31. The van der Waals surface area contributed by atoms with Crippen LogP contribution in [0, 0.1) is 0 Å². The first-order valence-corrected chi connectivity index (χ1v) is 5.71. The number of nitrogens with two attached hydrogens (primary N) is 1. The molecule has 16 heavy (non-hydrogen) atoms. The molecule has 1 unspecified atom stereocenters. The second-order valence-electron chi connectivity index (χ2n) is 3.91. The van der Waals surface area contributed by atoms with Crippen LogP contribution in [0.5, 0.6) is 0 Å². The molecule has 0 spiro atoms.